The summed E-state index contributed by atoms with van der Waals surface area (Å²) in [7, 11) is 0. The number of anilines is 1. The van der Waals surface area contributed by atoms with Gasteiger partial charge in [-0.15, -0.1) is 0 Å². The predicted molar refractivity (Wildman–Crippen MR) is 387 cm³/mol. The van der Waals surface area contributed by atoms with Crippen molar-refractivity contribution >= 4 is 123 Å². The highest BCUT2D eigenvalue weighted by Crippen LogP contribution is 2.41. The van der Waals surface area contributed by atoms with Gasteiger partial charge in [0.15, 0.2) is 0 Å². The van der Waals surface area contributed by atoms with Gasteiger partial charge in [-0.25, -0.2) is 4.98 Å². The fraction of sp³-hybridized carbons (Fsp3) is 0.522. The Hall–Kier alpha value is -11.0. The minimum absolute atomic E-state index is 0.0356. The van der Waals surface area contributed by atoms with Crippen molar-refractivity contribution in [2.45, 2.75) is 141 Å². The van der Waals surface area contributed by atoms with Crippen molar-refractivity contribution in [2.75, 3.05) is 69.7 Å². The number of primary amides is 2. The Balaban J connectivity index is 1.24. The van der Waals surface area contributed by atoms with Crippen molar-refractivity contribution in [1.82, 2.24) is 72.6 Å². The molecule has 1 aliphatic rings. The number of fused-ring (bicyclic) bond motifs is 1. The second kappa shape index (κ2) is 42.2. The van der Waals surface area contributed by atoms with E-state index >= 15 is 0 Å². The number of nitrogens with two attached hydrogens (primary N) is 2. The molecule has 1 aliphatic heterocycles. The number of carbonyl (C=O) groups excluding carboxylic acids is 12. The Morgan fingerprint density at radius 2 is 1.17 bits per heavy atom. The molecule has 584 valence electrons. The number of rotatable bonds is 45. The smallest absolute Gasteiger partial charge is 0.317 e. The monoisotopic (exact) mass is 1520 g/mol. The number of aromatic amines is 2. The van der Waals surface area contributed by atoms with E-state index in [0.717, 1.165) is 0 Å². The lowest BCUT2D eigenvalue weighted by molar-refractivity contribution is -0.146. The van der Waals surface area contributed by atoms with Gasteiger partial charge >= 0.3 is 23.9 Å². The molecule has 0 radical (unpaired) electrons. The number of carbonyl (C=O) groups is 16. The number of hydrogen-bond donors (Lipinski definition) is 18. The maximum absolute atomic E-state index is 14.5. The van der Waals surface area contributed by atoms with Crippen molar-refractivity contribution in [2.24, 2.45) is 34.6 Å². The fourth-order valence-corrected chi connectivity index (χ4v) is 12.7. The van der Waals surface area contributed by atoms with Crippen LogP contribution in [0, 0.1) is 23.2 Å². The number of amides is 12. The third-order valence-corrected chi connectivity index (χ3v) is 18.3. The van der Waals surface area contributed by atoms with Crippen molar-refractivity contribution in [3.05, 3.63) is 84.1 Å². The third-order valence-electron chi connectivity index (χ3n) is 17.7. The van der Waals surface area contributed by atoms with Crippen molar-refractivity contribution in [3.63, 3.8) is 0 Å². The molecule has 0 unspecified atom stereocenters. The van der Waals surface area contributed by atoms with Crippen LogP contribution in [0.3, 0.4) is 0 Å². The molecule has 37 nitrogen and oxygen atoms in total. The van der Waals surface area contributed by atoms with Crippen LogP contribution in [0.2, 0.25) is 0 Å². The molecule has 4 aromatic rings. The summed E-state index contributed by atoms with van der Waals surface area (Å²) in [6.45, 7) is 5.41. The predicted octanol–water partition coefficient (Wildman–Crippen LogP) is -2.10. The van der Waals surface area contributed by atoms with Crippen LogP contribution in [0.5, 0.6) is 0 Å². The summed E-state index contributed by atoms with van der Waals surface area (Å²) in [6.07, 6.45) is 3.42. The van der Waals surface area contributed by atoms with Crippen molar-refractivity contribution in [3.8, 4) is 0 Å². The Kier molecular flexibility index (Phi) is 34.2. The van der Waals surface area contributed by atoms with Gasteiger partial charge in [0.1, 0.15) is 42.3 Å². The van der Waals surface area contributed by atoms with E-state index in [1.165, 1.54) is 65.3 Å². The molecule has 0 bridgehead atoms. The van der Waals surface area contributed by atoms with Gasteiger partial charge in [-0.2, -0.15) is 11.8 Å². The van der Waals surface area contributed by atoms with Crippen LogP contribution in [0.1, 0.15) is 108 Å². The first-order valence-electron chi connectivity index (χ1n) is 34.5. The first-order valence-corrected chi connectivity index (χ1v) is 35.9. The van der Waals surface area contributed by atoms with Crippen molar-refractivity contribution < 1.29 is 97.1 Å². The molecule has 0 aliphatic carbocycles. The van der Waals surface area contributed by atoms with Gasteiger partial charge in [0.25, 0.3) is 5.91 Å². The number of carboxylic acids is 4. The first kappa shape index (κ1) is 86.6. The zero-order valence-electron chi connectivity index (χ0n) is 60.3. The number of H-pyrrole nitrogens is 2. The molecule has 1 fully saturated rings. The summed E-state index contributed by atoms with van der Waals surface area (Å²) in [5, 5.41) is 65.3. The average Bonchev–Trinajstić information content (AvgIpc) is 1.79. The van der Waals surface area contributed by atoms with Gasteiger partial charge < -0.3 is 95.0 Å². The third kappa shape index (κ3) is 29.1. The zero-order chi connectivity index (χ0) is 79.2. The summed E-state index contributed by atoms with van der Waals surface area (Å²) in [6, 6.07) is 2.97. The summed E-state index contributed by atoms with van der Waals surface area (Å²) in [4.78, 5) is 223. The van der Waals surface area contributed by atoms with E-state index in [1.807, 2.05) is 20.1 Å². The largest absolute Gasteiger partial charge is 0.481 e. The number of carboxylic acid groups (broad SMARTS) is 4. The molecule has 3 heterocycles. The lowest BCUT2D eigenvalue weighted by Crippen LogP contribution is -2.59. The number of hydrogen-bond acceptors (Lipinski definition) is 20. The maximum Gasteiger partial charge on any atom is 0.317 e. The molecule has 1 saturated heterocycles. The average molecular weight is 1520 g/mol. The molecular weight excluding hydrogens is 1420 g/mol. The van der Waals surface area contributed by atoms with E-state index in [-0.39, 0.29) is 81.9 Å². The molecule has 2 aromatic heterocycles. The van der Waals surface area contributed by atoms with E-state index in [0.29, 0.717) is 27.9 Å². The number of thioether (sulfide) groups is 1. The number of para-hydroxylation sites is 1. The van der Waals surface area contributed by atoms with Gasteiger partial charge in [-0.1, -0.05) is 45.9 Å². The highest BCUT2D eigenvalue weighted by molar-refractivity contribution is 7.98. The quantitative estimate of drug-likeness (QED) is 0.0225. The van der Waals surface area contributed by atoms with Gasteiger partial charge in [0.05, 0.1) is 32.5 Å². The molecule has 107 heavy (non-hydrogen) atoms. The van der Waals surface area contributed by atoms with E-state index in [1.54, 1.807) is 44.3 Å². The fourth-order valence-electron chi connectivity index (χ4n) is 12.2. The van der Waals surface area contributed by atoms with E-state index in [2.05, 4.69) is 68.1 Å². The topological polar surface area (TPSA) is 577 Å². The molecule has 20 N–H and O–H groups in total. The second-order valence-corrected chi connectivity index (χ2v) is 28.0. The molecule has 7 atom stereocenters. The zero-order valence-corrected chi connectivity index (χ0v) is 61.1. The number of imidazole rings is 1. The molecule has 38 heteroatoms. The second-order valence-electron chi connectivity index (χ2n) is 27.0. The normalized spacial score (nSPS) is 15.0. The molecular formula is C69H97N17O20S. The Morgan fingerprint density at radius 1 is 0.589 bits per heavy atom. The molecule has 12 amide bonds. The minimum Gasteiger partial charge on any atom is -0.481 e. The lowest BCUT2D eigenvalue weighted by atomic mass is 9.68. The minimum atomic E-state index is -1.53. The number of nitrogens with zero attached hydrogens (tertiary/aromatic N) is 3. The molecule has 0 saturated carbocycles. The van der Waals surface area contributed by atoms with Crippen LogP contribution in [0.15, 0.2) is 67.3 Å². The summed E-state index contributed by atoms with van der Waals surface area (Å²) in [5.41, 5.74) is 11.3. The van der Waals surface area contributed by atoms with Crippen LogP contribution in [0.25, 0.3) is 10.9 Å². The Labute approximate surface area is 619 Å². The highest BCUT2D eigenvalue weighted by Gasteiger charge is 2.46. The van der Waals surface area contributed by atoms with E-state index in [4.69, 9.17) is 11.5 Å². The van der Waals surface area contributed by atoms with Gasteiger partial charge in [0, 0.05) is 110 Å². The van der Waals surface area contributed by atoms with Crippen LogP contribution in [0.4, 0.5) is 5.69 Å². The summed E-state index contributed by atoms with van der Waals surface area (Å²) < 4.78 is 0. The van der Waals surface area contributed by atoms with Crippen LogP contribution in [-0.4, -0.2) is 247 Å². The molecule has 2 aromatic carbocycles. The summed E-state index contributed by atoms with van der Waals surface area (Å²) >= 11 is 1.44. The van der Waals surface area contributed by atoms with Crippen LogP contribution < -0.4 is 64.6 Å². The van der Waals surface area contributed by atoms with Crippen molar-refractivity contribution in [1.29, 1.82) is 0 Å². The van der Waals surface area contributed by atoms with Crippen LogP contribution >= 0.6 is 11.8 Å². The number of benzene rings is 2. The number of nitrogens with one attached hydrogen (secondary N) is 12. The van der Waals surface area contributed by atoms with E-state index < -0.39 is 206 Å². The Bertz CT molecular complexity index is 3770. The number of aliphatic carboxylic acids is 4. The maximum atomic E-state index is 14.5. The standard InChI is InChI=1S/C69H97N17O20S/c1-37(2)23-49(66(104)80-47(61(71)99)18-22-107-6)82-67(105)51(27-44-29-72-36-76-44)79-55(90)31-75-68(106)60(38(3)4)84-62(100)39(5)77-65(103)50(24-41-28-73-46-10-8-7-9-45(41)46)83-64(102)48(15-16-52(70)87)81-63(101)40-11-13-43(14-12-40)78-54(89)30-74-53(88)17-19-69(42(25-56(91)92)26-57(93)94)34-85(32-58(95)96)20-21-86(35-69)33-59(97)98/h7-14,28-29,36-39,42,47-51,60,73H,15-27,30-35H2,1-6H3,(H2,70,87)(H2,71,99)(H,72,76)(H,74,88)(H,75,106)(H,77,103)(H,78,89)(H,79,90)(H,80,104)(H,81,101)(H,82,105)(H,83,102)(H,84,100)(H,91,92)(H,93,94)(H,95,96)(H,97,98)/t39-,47-,48-,49-,50-,51-,60-/m0/s1. The molecule has 5 rings (SSSR count). The van der Waals surface area contributed by atoms with Gasteiger partial charge in [-0.05, 0) is 98.3 Å². The summed E-state index contributed by atoms with van der Waals surface area (Å²) in [5.74, 6) is -16.5. The highest BCUT2D eigenvalue weighted by atomic mass is 32.2. The first-order chi connectivity index (χ1) is 50.5. The SMILES string of the molecule is CSCC[C@H](NC(=O)[C@H](CC(C)C)NC(=O)[C@H](Cc1cnc[nH]1)NC(=O)CNC(=O)[C@@H](NC(=O)[C@H](C)NC(=O)[C@H](Cc1c[nH]c2ccccc12)NC(=O)[C@H](CCC(N)=O)NC(=O)c1ccc(NC(=O)CNC(=O)CCC2(C(CC(=O)O)CC(=O)O)CN(CC(=O)O)CCN(CC(=O)O)C2)cc1)C(C)C)C(N)=O. The van der Waals surface area contributed by atoms with Crippen LogP contribution in [-0.2, 0) is 84.8 Å². The van der Waals surface area contributed by atoms with Gasteiger partial charge in [0.2, 0.25) is 65.0 Å². The lowest BCUT2D eigenvalue weighted by Gasteiger charge is -2.43. The molecule has 0 spiro atoms. The van der Waals surface area contributed by atoms with Gasteiger partial charge in [-0.3, -0.25) is 86.5 Å². The van der Waals surface area contributed by atoms with E-state index in [9.17, 15) is 97.1 Å². The number of aromatic nitrogens is 3. The Morgan fingerprint density at radius 3 is 1.74 bits per heavy atom.